The van der Waals surface area contributed by atoms with Crippen LogP contribution in [-0.2, 0) is 6.54 Å². The zero-order valence-electron chi connectivity index (χ0n) is 14.5. The molecule has 132 valence electrons. The second kappa shape index (κ2) is 7.60. The molecule has 3 N–H and O–H groups in total. The van der Waals surface area contributed by atoms with Crippen LogP contribution < -0.4 is 10.1 Å². The fourth-order valence-electron chi connectivity index (χ4n) is 3.21. The predicted molar refractivity (Wildman–Crippen MR) is 105 cm³/mol. The molecule has 0 radical (unpaired) electrons. The Hall–Kier alpha value is -2.82. The largest absolute Gasteiger partial charge is 0.490 e. The van der Waals surface area contributed by atoms with Crippen LogP contribution in [0, 0.1) is 0 Å². The lowest BCUT2D eigenvalue weighted by Gasteiger charge is -2.14. The van der Waals surface area contributed by atoms with Gasteiger partial charge in [-0.15, -0.1) is 0 Å². The standard InChI is InChI=1S/C22H22N2O2/c25-17(14-23-13-16-7-2-1-3-8-16)15-26-21-12-6-11-20-22(21)18-9-4-5-10-19(18)24-20/h1-12,17,23-25H,13-15H2. The summed E-state index contributed by atoms with van der Waals surface area (Å²) < 4.78 is 5.94. The lowest BCUT2D eigenvalue weighted by atomic mass is 10.1. The van der Waals surface area contributed by atoms with Crippen molar-refractivity contribution in [2.24, 2.45) is 0 Å². The van der Waals surface area contributed by atoms with E-state index >= 15 is 0 Å². The number of aromatic amines is 1. The number of hydrogen-bond acceptors (Lipinski definition) is 3. The minimum absolute atomic E-state index is 0.250. The summed E-state index contributed by atoms with van der Waals surface area (Å²) in [6.45, 7) is 1.47. The van der Waals surface area contributed by atoms with Crippen molar-refractivity contribution in [3.63, 3.8) is 0 Å². The summed E-state index contributed by atoms with van der Waals surface area (Å²) in [5, 5.41) is 15.7. The second-order valence-electron chi connectivity index (χ2n) is 6.43. The molecular weight excluding hydrogens is 324 g/mol. The molecular formula is C22H22N2O2. The van der Waals surface area contributed by atoms with Gasteiger partial charge in [0.1, 0.15) is 18.5 Å². The third-order valence-electron chi connectivity index (χ3n) is 4.48. The number of para-hydroxylation sites is 1. The first-order chi connectivity index (χ1) is 12.8. The van der Waals surface area contributed by atoms with E-state index in [1.807, 2.05) is 48.5 Å². The SMILES string of the molecule is OC(CNCc1ccccc1)COc1cccc2[nH]c3ccccc3c12. The third-order valence-corrected chi connectivity index (χ3v) is 4.48. The van der Waals surface area contributed by atoms with Gasteiger partial charge >= 0.3 is 0 Å². The molecule has 4 nitrogen and oxygen atoms in total. The summed E-state index contributed by atoms with van der Waals surface area (Å²) in [5.74, 6) is 0.794. The normalized spacial score (nSPS) is 12.5. The van der Waals surface area contributed by atoms with Crippen LogP contribution in [0.15, 0.2) is 72.8 Å². The quantitative estimate of drug-likeness (QED) is 0.476. The number of fused-ring (bicyclic) bond motifs is 3. The summed E-state index contributed by atoms with van der Waals surface area (Å²) in [5.41, 5.74) is 3.33. The van der Waals surface area contributed by atoms with E-state index in [-0.39, 0.29) is 6.61 Å². The van der Waals surface area contributed by atoms with Crippen molar-refractivity contribution in [2.75, 3.05) is 13.2 Å². The van der Waals surface area contributed by atoms with Gasteiger partial charge in [-0.25, -0.2) is 0 Å². The third kappa shape index (κ3) is 3.57. The second-order valence-corrected chi connectivity index (χ2v) is 6.43. The Labute approximate surface area is 152 Å². The molecule has 0 aliphatic rings. The monoisotopic (exact) mass is 346 g/mol. The average Bonchev–Trinajstić information content (AvgIpc) is 3.06. The summed E-state index contributed by atoms with van der Waals surface area (Å²) in [6.07, 6.45) is -0.570. The molecule has 0 fully saturated rings. The van der Waals surface area contributed by atoms with Gasteiger partial charge in [-0.3, -0.25) is 0 Å². The highest BCUT2D eigenvalue weighted by atomic mass is 16.5. The number of benzene rings is 3. The van der Waals surface area contributed by atoms with Gasteiger partial charge in [-0.05, 0) is 23.8 Å². The van der Waals surface area contributed by atoms with Gasteiger partial charge in [-0.2, -0.15) is 0 Å². The van der Waals surface area contributed by atoms with E-state index < -0.39 is 6.10 Å². The van der Waals surface area contributed by atoms with Gasteiger partial charge in [0.15, 0.2) is 0 Å². The topological polar surface area (TPSA) is 57.3 Å². The van der Waals surface area contributed by atoms with Gasteiger partial charge in [0.2, 0.25) is 0 Å². The van der Waals surface area contributed by atoms with Crippen molar-refractivity contribution in [3.8, 4) is 5.75 Å². The maximum Gasteiger partial charge on any atom is 0.129 e. The van der Waals surface area contributed by atoms with Crippen molar-refractivity contribution < 1.29 is 9.84 Å². The Bertz CT molecular complexity index is 995. The van der Waals surface area contributed by atoms with Crippen molar-refractivity contribution in [1.29, 1.82) is 0 Å². The van der Waals surface area contributed by atoms with Crippen molar-refractivity contribution in [2.45, 2.75) is 12.6 Å². The number of aliphatic hydroxyl groups is 1. The van der Waals surface area contributed by atoms with Crippen LogP contribution in [0.3, 0.4) is 0 Å². The number of aromatic nitrogens is 1. The van der Waals surface area contributed by atoms with Gasteiger partial charge < -0.3 is 20.1 Å². The van der Waals surface area contributed by atoms with E-state index in [4.69, 9.17) is 4.74 Å². The first kappa shape index (κ1) is 16.6. The molecule has 1 unspecified atom stereocenters. The Morgan fingerprint density at radius 2 is 1.65 bits per heavy atom. The minimum atomic E-state index is -0.570. The predicted octanol–water partition coefficient (Wildman–Crippen LogP) is 3.85. The molecule has 0 bridgehead atoms. The zero-order valence-corrected chi connectivity index (χ0v) is 14.5. The van der Waals surface area contributed by atoms with Crippen LogP contribution in [0.1, 0.15) is 5.56 Å². The van der Waals surface area contributed by atoms with Crippen molar-refractivity contribution >= 4 is 21.8 Å². The first-order valence-corrected chi connectivity index (χ1v) is 8.86. The molecule has 0 saturated carbocycles. The number of ether oxygens (including phenoxy) is 1. The fraction of sp³-hybridized carbons (Fsp3) is 0.182. The highest BCUT2D eigenvalue weighted by Gasteiger charge is 2.11. The summed E-state index contributed by atoms with van der Waals surface area (Å²) >= 11 is 0. The smallest absolute Gasteiger partial charge is 0.129 e. The minimum Gasteiger partial charge on any atom is -0.490 e. The molecule has 0 spiro atoms. The van der Waals surface area contributed by atoms with E-state index in [1.54, 1.807) is 0 Å². The molecule has 0 aliphatic heterocycles. The van der Waals surface area contributed by atoms with Crippen LogP contribution in [0.2, 0.25) is 0 Å². The van der Waals surface area contributed by atoms with Crippen LogP contribution in [0.25, 0.3) is 21.8 Å². The highest BCUT2D eigenvalue weighted by molar-refractivity contribution is 6.10. The molecule has 0 aliphatic carbocycles. The molecule has 0 saturated heterocycles. The molecule has 1 aromatic heterocycles. The molecule has 1 heterocycles. The Kier molecular flexibility index (Phi) is 4.86. The van der Waals surface area contributed by atoms with E-state index in [0.717, 1.165) is 34.1 Å². The number of aliphatic hydroxyl groups excluding tert-OH is 1. The molecule has 0 amide bonds. The summed E-state index contributed by atoms with van der Waals surface area (Å²) in [6, 6.07) is 24.3. The van der Waals surface area contributed by atoms with E-state index in [0.29, 0.717) is 6.54 Å². The lowest BCUT2D eigenvalue weighted by molar-refractivity contribution is 0.107. The zero-order chi connectivity index (χ0) is 17.8. The fourth-order valence-corrected chi connectivity index (χ4v) is 3.21. The van der Waals surface area contributed by atoms with Gasteiger partial charge in [-0.1, -0.05) is 54.6 Å². The van der Waals surface area contributed by atoms with E-state index in [2.05, 4.69) is 34.6 Å². The number of nitrogens with one attached hydrogen (secondary N) is 2. The summed E-state index contributed by atoms with van der Waals surface area (Å²) in [7, 11) is 0. The maximum atomic E-state index is 10.2. The van der Waals surface area contributed by atoms with E-state index in [9.17, 15) is 5.11 Å². The number of H-pyrrole nitrogens is 1. The van der Waals surface area contributed by atoms with Gasteiger partial charge in [0.25, 0.3) is 0 Å². The number of hydrogen-bond donors (Lipinski definition) is 3. The van der Waals surface area contributed by atoms with Crippen molar-refractivity contribution in [3.05, 3.63) is 78.4 Å². The van der Waals surface area contributed by atoms with E-state index in [1.165, 1.54) is 5.56 Å². The first-order valence-electron chi connectivity index (χ1n) is 8.86. The average molecular weight is 346 g/mol. The molecule has 26 heavy (non-hydrogen) atoms. The maximum absolute atomic E-state index is 10.2. The Morgan fingerprint density at radius 3 is 2.54 bits per heavy atom. The van der Waals surface area contributed by atoms with Crippen LogP contribution in [0.4, 0.5) is 0 Å². The molecule has 3 aromatic carbocycles. The van der Waals surface area contributed by atoms with Crippen LogP contribution in [0.5, 0.6) is 5.75 Å². The molecule has 4 rings (SSSR count). The Balaban J connectivity index is 1.40. The lowest BCUT2D eigenvalue weighted by Crippen LogP contribution is -2.31. The van der Waals surface area contributed by atoms with Gasteiger partial charge in [0.05, 0.1) is 5.52 Å². The molecule has 4 heteroatoms. The molecule has 1 atom stereocenters. The van der Waals surface area contributed by atoms with Gasteiger partial charge in [0, 0.05) is 29.4 Å². The Morgan fingerprint density at radius 1 is 0.885 bits per heavy atom. The van der Waals surface area contributed by atoms with Crippen molar-refractivity contribution in [1.82, 2.24) is 10.3 Å². The number of rotatable bonds is 7. The molecule has 4 aromatic rings. The highest BCUT2D eigenvalue weighted by Crippen LogP contribution is 2.32. The van der Waals surface area contributed by atoms with Crippen LogP contribution >= 0.6 is 0 Å². The van der Waals surface area contributed by atoms with Crippen LogP contribution in [-0.4, -0.2) is 29.3 Å². The summed E-state index contributed by atoms with van der Waals surface area (Å²) in [4.78, 5) is 3.40.